The zero-order chi connectivity index (χ0) is 14.8. The predicted octanol–water partition coefficient (Wildman–Crippen LogP) is 2.86. The molecular weight excluding hydrogens is 262 g/mol. The van der Waals surface area contributed by atoms with Crippen LogP contribution in [0.3, 0.4) is 0 Å². The highest BCUT2D eigenvalue weighted by molar-refractivity contribution is 5.94. The smallest absolute Gasteiger partial charge is 0.241 e. The van der Waals surface area contributed by atoms with Crippen LogP contribution in [0, 0.1) is 5.92 Å². The number of carbonyl (C=O) groups excluding carboxylic acids is 1. The Morgan fingerprint density at radius 1 is 1.24 bits per heavy atom. The van der Waals surface area contributed by atoms with Crippen molar-refractivity contribution in [1.82, 2.24) is 4.90 Å². The van der Waals surface area contributed by atoms with Gasteiger partial charge in [0, 0.05) is 17.4 Å². The quantitative estimate of drug-likeness (QED) is 0.840. The lowest BCUT2D eigenvalue weighted by Crippen LogP contribution is -2.51. The Morgan fingerprint density at radius 2 is 1.95 bits per heavy atom. The molecule has 3 unspecified atom stereocenters. The van der Waals surface area contributed by atoms with Crippen LogP contribution in [0.15, 0.2) is 24.3 Å². The number of benzene rings is 1. The monoisotopic (exact) mass is 287 g/mol. The third-order valence-corrected chi connectivity index (χ3v) is 5.09. The Hall–Kier alpha value is -1.55. The number of nitrogen functional groups attached to an aromatic ring is 1. The second-order valence-electron chi connectivity index (χ2n) is 6.43. The van der Waals surface area contributed by atoms with Crippen LogP contribution in [0.1, 0.15) is 39.0 Å². The Bertz CT molecular complexity index is 499. The fourth-order valence-electron chi connectivity index (χ4n) is 3.94. The molecule has 0 spiro atoms. The van der Waals surface area contributed by atoms with Gasteiger partial charge in [0.05, 0.1) is 6.04 Å². The molecule has 1 heterocycles. The SMILES string of the molecule is CC(C(=O)Nc1ccc(N)cc1)N1CCCC2CCCC21. The number of piperidine rings is 1. The van der Waals surface area contributed by atoms with Crippen LogP contribution >= 0.6 is 0 Å². The zero-order valence-corrected chi connectivity index (χ0v) is 12.7. The number of carbonyl (C=O) groups is 1. The summed E-state index contributed by atoms with van der Waals surface area (Å²) in [7, 11) is 0. The molecule has 21 heavy (non-hydrogen) atoms. The van der Waals surface area contributed by atoms with Crippen molar-refractivity contribution in [1.29, 1.82) is 0 Å². The first-order valence-corrected chi connectivity index (χ1v) is 8.07. The Morgan fingerprint density at radius 3 is 2.71 bits per heavy atom. The predicted molar refractivity (Wildman–Crippen MR) is 86.0 cm³/mol. The Balaban J connectivity index is 1.65. The number of amides is 1. The van der Waals surface area contributed by atoms with Crippen LogP contribution in [-0.2, 0) is 4.79 Å². The van der Waals surface area contributed by atoms with E-state index in [1.54, 1.807) is 0 Å². The maximum absolute atomic E-state index is 12.5. The van der Waals surface area contributed by atoms with Crippen molar-refractivity contribution >= 4 is 17.3 Å². The molecule has 4 heteroatoms. The average Bonchev–Trinajstić information content (AvgIpc) is 2.97. The maximum Gasteiger partial charge on any atom is 0.241 e. The molecule has 3 N–H and O–H groups in total. The molecule has 0 aromatic heterocycles. The molecule has 114 valence electrons. The van der Waals surface area contributed by atoms with Crippen LogP contribution in [0.25, 0.3) is 0 Å². The number of rotatable bonds is 3. The number of hydrogen-bond donors (Lipinski definition) is 2. The van der Waals surface area contributed by atoms with E-state index in [2.05, 4.69) is 10.2 Å². The summed E-state index contributed by atoms with van der Waals surface area (Å²) in [5.41, 5.74) is 7.21. The van der Waals surface area contributed by atoms with Gasteiger partial charge in [-0.3, -0.25) is 9.69 Å². The summed E-state index contributed by atoms with van der Waals surface area (Å²) in [6.07, 6.45) is 6.48. The molecule has 2 aliphatic rings. The van der Waals surface area contributed by atoms with Gasteiger partial charge in [0.1, 0.15) is 0 Å². The fourth-order valence-corrected chi connectivity index (χ4v) is 3.94. The summed E-state index contributed by atoms with van der Waals surface area (Å²) in [5.74, 6) is 0.901. The molecule has 1 aromatic rings. The zero-order valence-electron chi connectivity index (χ0n) is 12.7. The average molecular weight is 287 g/mol. The van der Waals surface area contributed by atoms with Gasteiger partial charge in [-0.2, -0.15) is 0 Å². The molecule has 3 rings (SSSR count). The Labute approximate surface area is 126 Å². The molecule has 1 aliphatic heterocycles. The van der Waals surface area contributed by atoms with Gasteiger partial charge >= 0.3 is 0 Å². The van der Waals surface area contributed by atoms with Crippen molar-refractivity contribution in [2.45, 2.75) is 51.1 Å². The standard InChI is InChI=1S/C17H25N3O/c1-12(17(21)19-15-9-7-14(18)8-10-15)20-11-3-5-13-4-2-6-16(13)20/h7-10,12-13,16H,2-6,11,18H2,1H3,(H,19,21). The van der Waals surface area contributed by atoms with E-state index in [9.17, 15) is 4.79 Å². The van der Waals surface area contributed by atoms with Crippen molar-refractivity contribution in [3.63, 3.8) is 0 Å². The van der Waals surface area contributed by atoms with Crippen molar-refractivity contribution < 1.29 is 4.79 Å². The van der Waals surface area contributed by atoms with E-state index >= 15 is 0 Å². The number of nitrogens with zero attached hydrogens (tertiary/aromatic N) is 1. The number of hydrogen-bond acceptors (Lipinski definition) is 3. The van der Waals surface area contributed by atoms with Gasteiger partial charge in [0.15, 0.2) is 0 Å². The van der Waals surface area contributed by atoms with E-state index in [0.717, 1.165) is 18.2 Å². The van der Waals surface area contributed by atoms with Gasteiger partial charge in [-0.05, 0) is 69.3 Å². The molecule has 1 aromatic carbocycles. The van der Waals surface area contributed by atoms with E-state index in [1.165, 1.54) is 32.1 Å². The van der Waals surface area contributed by atoms with Gasteiger partial charge in [-0.15, -0.1) is 0 Å². The number of nitrogens with one attached hydrogen (secondary N) is 1. The first-order chi connectivity index (χ1) is 10.1. The second-order valence-corrected chi connectivity index (χ2v) is 6.43. The lowest BCUT2D eigenvalue weighted by atomic mass is 9.90. The van der Waals surface area contributed by atoms with Crippen LogP contribution in [0.5, 0.6) is 0 Å². The summed E-state index contributed by atoms with van der Waals surface area (Å²) >= 11 is 0. The molecule has 0 radical (unpaired) electrons. The summed E-state index contributed by atoms with van der Waals surface area (Å²) in [4.78, 5) is 14.9. The molecule has 0 bridgehead atoms. The largest absolute Gasteiger partial charge is 0.399 e. The maximum atomic E-state index is 12.5. The minimum atomic E-state index is -0.0616. The highest BCUT2D eigenvalue weighted by Crippen LogP contribution is 2.37. The highest BCUT2D eigenvalue weighted by atomic mass is 16.2. The number of anilines is 2. The molecule has 1 saturated carbocycles. The molecule has 1 aliphatic carbocycles. The van der Waals surface area contributed by atoms with Crippen LogP contribution in [-0.4, -0.2) is 29.4 Å². The third-order valence-electron chi connectivity index (χ3n) is 5.09. The summed E-state index contributed by atoms with van der Waals surface area (Å²) in [6, 6.07) is 7.89. The molecule has 2 fully saturated rings. The van der Waals surface area contributed by atoms with Crippen LogP contribution in [0.4, 0.5) is 11.4 Å². The van der Waals surface area contributed by atoms with E-state index in [4.69, 9.17) is 5.73 Å². The van der Waals surface area contributed by atoms with Gasteiger partial charge in [0.25, 0.3) is 0 Å². The molecule has 4 nitrogen and oxygen atoms in total. The van der Waals surface area contributed by atoms with Gasteiger partial charge in [-0.1, -0.05) is 6.42 Å². The highest BCUT2D eigenvalue weighted by Gasteiger charge is 2.38. The van der Waals surface area contributed by atoms with Crippen LogP contribution < -0.4 is 11.1 Å². The summed E-state index contributed by atoms with van der Waals surface area (Å²) in [5, 5.41) is 3.01. The minimum Gasteiger partial charge on any atom is -0.399 e. The second kappa shape index (κ2) is 6.06. The first-order valence-electron chi connectivity index (χ1n) is 8.07. The Kier molecular flexibility index (Phi) is 4.15. The number of likely N-dealkylation sites (tertiary alicyclic amines) is 1. The van der Waals surface area contributed by atoms with Crippen LogP contribution in [0.2, 0.25) is 0 Å². The summed E-state index contributed by atoms with van der Waals surface area (Å²) in [6.45, 7) is 3.09. The fraction of sp³-hybridized carbons (Fsp3) is 0.588. The van der Waals surface area contributed by atoms with E-state index in [0.29, 0.717) is 11.7 Å². The number of fused-ring (bicyclic) bond motifs is 1. The van der Waals surface area contributed by atoms with E-state index < -0.39 is 0 Å². The normalized spacial score (nSPS) is 27.1. The van der Waals surface area contributed by atoms with Crippen molar-refractivity contribution in [3.05, 3.63) is 24.3 Å². The van der Waals surface area contributed by atoms with Gasteiger partial charge in [0.2, 0.25) is 5.91 Å². The minimum absolute atomic E-state index is 0.0616. The van der Waals surface area contributed by atoms with Crippen molar-refractivity contribution in [3.8, 4) is 0 Å². The first kappa shape index (κ1) is 14.4. The molecule has 1 amide bonds. The lowest BCUT2D eigenvalue weighted by molar-refractivity contribution is -0.122. The molecule has 1 saturated heterocycles. The van der Waals surface area contributed by atoms with Gasteiger partial charge < -0.3 is 11.1 Å². The topological polar surface area (TPSA) is 58.4 Å². The summed E-state index contributed by atoms with van der Waals surface area (Å²) < 4.78 is 0. The lowest BCUT2D eigenvalue weighted by Gasteiger charge is -2.40. The van der Waals surface area contributed by atoms with Crippen molar-refractivity contribution in [2.75, 3.05) is 17.6 Å². The van der Waals surface area contributed by atoms with Gasteiger partial charge in [-0.25, -0.2) is 0 Å². The molecular formula is C17H25N3O. The van der Waals surface area contributed by atoms with Crippen molar-refractivity contribution in [2.24, 2.45) is 5.92 Å². The number of nitrogens with two attached hydrogens (primary N) is 1. The molecule has 3 atom stereocenters. The van der Waals surface area contributed by atoms with E-state index in [1.807, 2.05) is 31.2 Å². The third kappa shape index (κ3) is 3.05. The van der Waals surface area contributed by atoms with E-state index in [-0.39, 0.29) is 11.9 Å².